The second-order valence-corrected chi connectivity index (χ2v) is 9.15. The molecular formula is C27H34N4O. The van der Waals surface area contributed by atoms with Gasteiger partial charge in [0.2, 0.25) is 0 Å². The minimum atomic E-state index is -0.202. The fourth-order valence-electron chi connectivity index (χ4n) is 3.53. The lowest BCUT2D eigenvalue weighted by Crippen LogP contribution is -2.19. The van der Waals surface area contributed by atoms with Crippen molar-refractivity contribution < 1.29 is 0 Å². The molecular weight excluding hydrogens is 396 g/mol. The number of nitrogens with one attached hydrogen (secondary N) is 2. The molecule has 0 fully saturated rings. The highest BCUT2D eigenvalue weighted by Gasteiger charge is 2.13. The van der Waals surface area contributed by atoms with Crippen LogP contribution < -0.4 is 10.9 Å². The first-order valence-electron chi connectivity index (χ1n) is 11.2. The third kappa shape index (κ3) is 6.33. The Kier molecular flexibility index (Phi) is 7.52. The number of aromatic nitrogens is 2. The van der Waals surface area contributed by atoms with E-state index in [4.69, 9.17) is 4.99 Å². The number of hydrogen-bond donors (Lipinski definition) is 2. The van der Waals surface area contributed by atoms with E-state index < -0.39 is 0 Å². The number of benzene rings is 2. The van der Waals surface area contributed by atoms with Crippen molar-refractivity contribution in [3.05, 3.63) is 94.3 Å². The zero-order chi connectivity index (χ0) is 23.1. The van der Waals surface area contributed by atoms with Gasteiger partial charge in [0.05, 0.1) is 0 Å². The monoisotopic (exact) mass is 430 g/mol. The van der Waals surface area contributed by atoms with E-state index in [1.165, 1.54) is 17.2 Å². The van der Waals surface area contributed by atoms with Crippen molar-refractivity contribution in [1.29, 1.82) is 0 Å². The maximum Gasteiger partial charge on any atom is 0.266 e. The van der Waals surface area contributed by atoms with Crippen LogP contribution in [0.15, 0.2) is 77.0 Å². The summed E-state index contributed by atoms with van der Waals surface area (Å²) in [4.78, 5) is 16.7. The maximum absolute atomic E-state index is 12.0. The van der Waals surface area contributed by atoms with Gasteiger partial charge in [0.25, 0.3) is 5.56 Å². The standard InChI is InChI=1S/C27H34N4O/c1-20(23-14-16-24(17-15-23)27(3,4)5)29-25-19-26(32)30-31(25)21(2)28-18-10-9-13-22-11-7-6-8-12-22/h6-8,11-12,14-17,19,28H,2,9-10,13,18H2,1,3-5H3,(H,30,32)/b29-20+. The van der Waals surface area contributed by atoms with Gasteiger partial charge in [-0.05, 0) is 48.3 Å². The lowest BCUT2D eigenvalue weighted by atomic mass is 9.86. The van der Waals surface area contributed by atoms with E-state index in [0.717, 1.165) is 37.1 Å². The molecule has 0 aliphatic heterocycles. The molecule has 3 rings (SSSR count). The average Bonchev–Trinajstić information content (AvgIpc) is 3.13. The molecule has 0 bridgehead atoms. The molecule has 1 aromatic heterocycles. The Morgan fingerprint density at radius 1 is 1.06 bits per heavy atom. The van der Waals surface area contributed by atoms with Crippen LogP contribution in [-0.2, 0) is 11.8 Å². The van der Waals surface area contributed by atoms with E-state index >= 15 is 0 Å². The normalized spacial score (nSPS) is 12.1. The zero-order valence-corrected chi connectivity index (χ0v) is 19.6. The molecule has 0 amide bonds. The van der Waals surface area contributed by atoms with Crippen LogP contribution in [0.5, 0.6) is 0 Å². The minimum absolute atomic E-state index is 0.106. The molecule has 0 aliphatic carbocycles. The van der Waals surface area contributed by atoms with Crippen molar-refractivity contribution in [1.82, 2.24) is 15.1 Å². The fraction of sp³-hybridized carbons (Fsp3) is 0.333. The second-order valence-electron chi connectivity index (χ2n) is 9.15. The van der Waals surface area contributed by atoms with Crippen LogP contribution >= 0.6 is 0 Å². The van der Waals surface area contributed by atoms with Crippen LogP contribution in [0, 0.1) is 0 Å². The molecule has 32 heavy (non-hydrogen) atoms. The molecule has 0 spiro atoms. The molecule has 1 heterocycles. The Bertz CT molecular complexity index is 1110. The summed E-state index contributed by atoms with van der Waals surface area (Å²) < 4.78 is 1.62. The first-order chi connectivity index (χ1) is 15.2. The third-order valence-corrected chi connectivity index (χ3v) is 5.50. The number of aliphatic imine (C=N–C) groups is 1. The highest BCUT2D eigenvalue weighted by atomic mass is 16.1. The predicted octanol–water partition coefficient (Wildman–Crippen LogP) is 5.66. The Morgan fingerprint density at radius 3 is 2.41 bits per heavy atom. The quantitative estimate of drug-likeness (QED) is 0.340. The predicted molar refractivity (Wildman–Crippen MR) is 135 cm³/mol. The molecule has 0 radical (unpaired) electrons. The van der Waals surface area contributed by atoms with E-state index in [-0.39, 0.29) is 11.0 Å². The van der Waals surface area contributed by atoms with Crippen LogP contribution in [0.1, 0.15) is 57.2 Å². The summed E-state index contributed by atoms with van der Waals surface area (Å²) in [7, 11) is 0. The van der Waals surface area contributed by atoms with Gasteiger partial charge in [-0.1, -0.05) is 81.9 Å². The van der Waals surface area contributed by atoms with Gasteiger partial charge < -0.3 is 5.32 Å². The van der Waals surface area contributed by atoms with Crippen molar-refractivity contribution in [2.45, 2.75) is 52.4 Å². The SMILES string of the molecule is C=C(NCCCCc1ccccc1)n1[nH]c(=O)cc1/N=C(\C)c1ccc(C(C)(C)C)cc1. The molecule has 5 heteroatoms. The summed E-state index contributed by atoms with van der Waals surface area (Å²) in [6.07, 6.45) is 3.15. The number of aryl methyl sites for hydroxylation is 1. The number of nitrogens with zero attached hydrogens (tertiary/aromatic N) is 2. The van der Waals surface area contributed by atoms with Crippen LogP contribution in [0.25, 0.3) is 5.82 Å². The second kappa shape index (κ2) is 10.3. The van der Waals surface area contributed by atoms with E-state index in [2.05, 4.69) is 86.3 Å². The Hall–Kier alpha value is -3.34. The Labute approximate surface area is 190 Å². The van der Waals surface area contributed by atoms with Crippen molar-refractivity contribution in [2.24, 2.45) is 4.99 Å². The summed E-state index contributed by atoms with van der Waals surface area (Å²) in [6.45, 7) is 13.4. The van der Waals surface area contributed by atoms with Gasteiger partial charge in [-0.15, -0.1) is 0 Å². The largest absolute Gasteiger partial charge is 0.371 e. The van der Waals surface area contributed by atoms with Crippen molar-refractivity contribution in [3.63, 3.8) is 0 Å². The lowest BCUT2D eigenvalue weighted by molar-refractivity contribution is 0.590. The first-order valence-corrected chi connectivity index (χ1v) is 11.2. The minimum Gasteiger partial charge on any atom is -0.371 e. The maximum atomic E-state index is 12.0. The van der Waals surface area contributed by atoms with Gasteiger partial charge in [0, 0.05) is 18.3 Å². The molecule has 0 saturated heterocycles. The number of unbranched alkanes of at least 4 members (excludes halogenated alkanes) is 1. The molecule has 3 aromatic rings. The van der Waals surface area contributed by atoms with Crippen LogP contribution in [-0.4, -0.2) is 22.0 Å². The van der Waals surface area contributed by atoms with Gasteiger partial charge in [-0.2, -0.15) is 0 Å². The summed E-state index contributed by atoms with van der Waals surface area (Å²) in [6, 6.07) is 20.4. The number of H-pyrrole nitrogens is 1. The van der Waals surface area contributed by atoms with Crippen molar-refractivity contribution in [2.75, 3.05) is 6.54 Å². The van der Waals surface area contributed by atoms with Gasteiger partial charge in [-0.25, -0.2) is 9.67 Å². The highest BCUT2D eigenvalue weighted by molar-refractivity contribution is 6.00. The van der Waals surface area contributed by atoms with Gasteiger partial charge in [0.1, 0.15) is 5.82 Å². The third-order valence-electron chi connectivity index (χ3n) is 5.50. The first kappa shape index (κ1) is 23.3. The molecule has 168 valence electrons. The van der Waals surface area contributed by atoms with E-state index in [1.807, 2.05) is 13.0 Å². The zero-order valence-electron chi connectivity index (χ0n) is 19.6. The highest BCUT2D eigenvalue weighted by Crippen LogP contribution is 2.23. The molecule has 2 N–H and O–H groups in total. The molecule has 5 nitrogen and oxygen atoms in total. The molecule has 0 saturated carbocycles. The van der Waals surface area contributed by atoms with Gasteiger partial charge >= 0.3 is 0 Å². The van der Waals surface area contributed by atoms with E-state index in [1.54, 1.807) is 4.68 Å². The molecule has 0 aliphatic rings. The lowest BCUT2D eigenvalue weighted by Gasteiger charge is -2.19. The van der Waals surface area contributed by atoms with E-state index in [0.29, 0.717) is 11.6 Å². The smallest absolute Gasteiger partial charge is 0.266 e. The summed E-state index contributed by atoms with van der Waals surface area (Å²) >= 11 is 0. The number of aromatic amines is 1. The van der Waals surface area contributed by atoms with Crippen LogP contribution in [0.2, 0.25) is 0 Å². The van der Waals surface area contributed by atoms with Crippen molar-refractivity contribution in [3.8, 4) is 0 Å². The fourth-order valence-corrected chi connectivity index (χ4v) is 3.53. The Morgan fingerprint density at radius 2 is 1.75 bits per heavy atom. The summed E-state index contributed by atoms with van der Waals surface area (Å²) in [5.41, 5.74) is 4.40. The van der Waals surface area contributed by atoms with E-state index in [9.17, 15) is 4.79 Å². The molecule has 0 unspecified atom stereocenters. The Balaban J connectivity index is 1.61. The topological polar surface area (TPSA) is 62.2 Å². The number of hydrogen-bond acceptors (Lipinski definition) is 3. The van der Waals surface area contributed by atoms with Gasteiger partial charge in [0.15, 0.2) is 5.82 Å². The van der Waals surface area contributed by atoms with Crippen LogP contribution in [0.3, 0.4) is 0 Å². The molecule has 2 aromatic carbocycles. The van der Waals surface area contributed by atoms with Crippen LogP contribution in [0.4, 0.5) is 5.82 Å². The average molecular weight is 431 g/mol. The molecule has 0 atom stereocenters. The van der Waals surface area contributed by atoms with Crippen molar-refractivity contribution >= 4 is 17.4 Å². The number of rotatable bonds is 9. The van der Waals surface area contributed by atoms with Gasteiger partial charge in [-0.3, -0.25) is 9.89 Å². The summed E-state index contributed by atoms with van der Waals surface area (Å²) in [5.74, 6) is 1.15. The summed E-state index contributed by atoms with van der Waals surface area (Å²) in [5, 5.41) is 6.09.